The van der Waals surface area contributed by atoms with E-state index in [9.17, 15) is 19.2 Å². The number of nitrogens with zero attached hydrogens (tertiary/aromatic N) is 4. The second kappa shape index (κ2) is 15.6. The van der Waals surface area contributed by atoms with Crippen LogP contribution in [0.2, 0.25) is 0 Å². The number of nitrogens with two attached hydrogens (primary N) is 3. The number of aryl methyl sites for hydroxylation is 2. The Bertz CT molecular complexity index is 1980. The highest BCUT2D eigenvalue weighted by Crippen LogP contribution is 2.33. The fourth-order valence-corrected chi connectivity index (χ4v) is 5.69. The third kappa shape index (κ3) is 9.53. The van der Waals surface area contributed by atoms with E-state index in [1.807, 2.05) is 19.1 Å². The van der Waals surface area contributed by atoms with E-state index in [-0.39, 0.29) is 48.1 Å². The molecule has 4 rings (SSSR count). The summed E-state index contributed by atoms with van der Waals surface area (Å²) < 4.78 is 19.1. The molecular weight excluding hydrogens is 652 g/mol. The lowest BCUT2D eigenvalue weighted by molar-refractivity contribution is -0.155. The molecule has 0 atom stereocenters. The molecule has 0 saturated carbocycles. The molecule has 0 saturated heterocycles. The van der Waals surface area contributed by atoms with Crippen molar-refractivity contribution in [1.82, 2.24) is 14.5 Å². The average Bonchev–Trinajstić information content (AvgIpc) is 3.57. The first-order valence-electron chi connectivity index (χ1n) is 15.5. The number of anilines is 2. The van der Waals surface area contributed by atoms with E-state index < -0.39 is 23.3 Å². The number of oxazole rings is 1. The smallest absolute Gasteiger partial charge is 0.317 e. The number of amides is 3. The van der Waals surface area contributed by atoms with Crippen LogP contribution in [0.5, 0.6) is 5.75 Å². The summed E-state index contributed by atoms with van der Waals surface area (Å²) in [5.41, 5.74) is 18.7. The molecule has 3 aromatic heterocycles. The highest BCUT2D eigenvalue weighted by molar-refractivity contribution is 7.16. The van der Waals surface area contributed by atoms with E-state index in [0.717, 1.165) is 0 Å². The molecule has 0 unspecified atom stereocenters. The number of nitrogen functional groups attached to an aromatic ring is 1. The number of ether oxygens (including phenoxy) is 2. The largest absolute Gasteiger partial charge is 0.491 e. The quantitative estimate of drug-likeness (QED) is 0.0644. The molecule has 1 aromatic carbocycles. The molecule has 7 N–H and O–H groups in total. The molecule has 0 spiro atoms. The van der Waals surface area contributed by atoms with Gasteiger partial charge in [0.05, 0.1) is 28.3 Å². The topological polar surface area (TPSA) is 233 Å². The van der Waals surface area contributed by atoms with Crippen molar-refractivity contribution < 1.29 is 33.1 Å². The normalized spacial score (nSPS) is 12.1. The number of allylic oxidation sites excluding steroid dienone is 1. The Morgan fingerprint density at radius 2 is 1.84 bits per heavy atom. The Morgan fingerprint density at radius 1 is 1.10 bits per heavy atom. The lowest BCUT2D eigenvalue weighted by atomic mass is 10.1. The SMILES string of the molecule is CCc1nc(C)oc1C(=O)/N=c1\sc2cc(C(N)=O)cnc2n1C/C=C/CNc1c(N)cc(C(N)=O)cc1OCCCC(=O)OC(C)(C)C. The molecule has 0 radical (unpaired) electrons. The van der Waals surface area contributed by atoms with Crippen molar-refractivity contribution >= 4 is 56.7 Å². The van der Waals surface area contributed by atoms with Gasteiger partial charge in [0.1, 0.15) is 17.0 Å². The number of benzene rings is 1. The molecule has 3 heterocycles. The van der Waals surface area contributed by atoms with Gasteiger partial charge < -0.3 is 36.4 Å². The van der Waals surface area contributed by atoms with Crippen molar-refractivity contribution in [3.8, 4) is 5.75 Å². The zero-order valence-electron chi connectivity index (χ0n) is 28.0. The van der Waals surface area contributed by atoms with Crippen LogP contribution in [0, 0.1) is 6.92 Å². The van der Waals surface area contributed by atoms with Gasteiger partial charge in [-0.15, -0.1) is 0 Å². The number of hydrogen-bond donors (Lipinski definition) is 4. The number of carbonyl (C=O) groups excluding carboxylic acids is 4. The van der Waals surface area contributed by atoms with Gasteiger partial charge in [-0.05, 0) is 51.8 Å². The van der Waals surface area contributed by atoms with Crippen molar-refractivity contribution in [2.45, 2.75) is 66.0 Å². The Morgan fingerprint density at radius 3 is 2.51 bits per heavy atom. The number of aromatic nitrogens is 3. The first kappa shape index (κ1) is 36.3. The lowest BCUT2D eigenvalue weighted by Crippen LogP contribution is -2.24. The van der Waals surface area contributed by atoms with Gasteiger partial charge in [-0.1, -0.05) is 30.4 Å². The molecule has 0 aliphatic heterocycles. The summed E-state index contributed by atoms with van der Waals surface area (Å²) in [4.78, 5) is 62.2. The van der Waals surface area contributed by atoms with Crippen LogP contribution in [0.4, 0.5) is 11.4 Å². The summed E-state index contributed by atoms with van der Waals surface area (Å²) in [7, 11) is 0. The zero-order valence-corrected chi connectivity index (χ0v) is 28.8. The predicted octanol–water partition coefficient (Wildman–Crippen LogP) is 3.65. The minimum Gasteiger partial charge on any atom is -0.491 e. The van der Waals surface area contributed by atoms with Crippen LogP contribution < -0.4 is 32.1 Å². The molecule has 0 aliphatic carbocycles. The van der Waals surface area contributed by atoms with Crippen molar-refractivity contribution in [3.63, 3.8) is 0 Å². The standard InChI is InChI=1S/C33H40N8O7S/c1-6-22-27(47-18(2)39-22)31(45)40-32-41(30-24(49-32)16-20(17-38-30)29(36)44)12-8-7-11-37-26-21(34)14-19(28(35)43)15-23(26)46-13-9-10-25(42)48-33(3,4)5/h7-8,14-17,37H,6,9-13,34H2,1-5H3,(H2,35,43)(H2,36,44)/b8-7+,40-32-. The van der Waals surface area contributed by atoms with E-state index >= 15 is 0 Å². The Kier molecular flexibility index (Phi) is 11.6. The summed E-state index contributed by atoms with van der Waals surface area (Å²) in [6.45, 7) is 9.62. The van der Waals surface area contributed by atoms with Crippen molar-refractivity contribution in [1.29, 1.82) is 0 Å². The van der Waals surface area contributed by atoms with Crippen LogP contribution in [0.3, 0.4) is 0 Å². The van der Waals surface area contributed by atoms with E-state index in [1.165, 1.54) is 29.7 Å². The highest BCUT2D eigenvalue weighted by atomic mass is 32.1. The van der Waals surface area contributed by atoms with Gasteiger partial charge in [0.15, 0.2) is 16.3 Å². The van der Waals surface area contributed by atoms with Gasteiger partial charge >= 0.3 is 11.9 Å². The number of carbonyl (C=O) groups is 4. The molecular formula is C33H40N8O7S. The van der Waals surface area contributed by atoms with Crippen LogP contribution in [0.25, 0.3) is 10.3 Å². The van der Waals surface area contributed by atoms with Gasteiger partial charge in [0, 0.05) is 38.2 Å². The van der Waals surface area contributed by atoms with Crippen molar-refractivity contribution in [2.24, 2.45) is 16.5 Å². The van der Waals surface area contributed by atoms with Gasteiger partial charge in [0.2, 0.25) is 17.6 Å². The number of thiazole rings is 1. The molecule has 49 heavy (non-hydrogen) atoms. The van der Waals surface area contributed by atoms with Crippen LogP contribution in [-0.2, 0) is 22.5 Å². The summed E-state index contributed by atoms with van der Waals surface area (Å²) >= 11 is 1.17. The lowest BCUT2D eigenvalue weighted by Gasteiger charge is -2.19. The maximum absolute atomic E-state index is 13.2. The predicted molar refractivity (Wildman–Crippen MR) is 184 cm³/mol. The first-order valence-corrected chi connectivity index (χ1v) is 16.3. The molecule has 16 heteroatoms. The maximum Gasteiger partial charge on any atom is 0.317 e. The zero-order chi connectivity index (χ0) is 35.9. The average molecular weight is 693 g/mol. The number of nitrogens with one attached hydrogen (secondary N) is 1. The molecule has 3 amide bonds. The van der Waals surface area contributed by atoms with Gasteiger partial charge in [-0.2, -0.15) is 4.99 Å². The summed E-state index contributed by atoms with van der Waals surface area (Å²) in [6, 6.07) is 4.54. The van der Waals surface area contributed by atoms with E-state index in [2.05, 4.69) is 20.3 Å². The minimum atomic E-state index is -0.669. The number of rotatable bonds is 14. The maximum atomic E-state index is 13.2. The van der Waals surface area contributed by atoms with Gasteiger partial charge in [-0.25, -0.2) is 9.97 Å². The third-order valence-corrected chi connectivity index (χ3v) is 7.82. The second-order valence-electron chi connectivity index (χ2n) is 11.9. The summed E-state index contributed by atoms with van der Waals surface area (Å²) in [6.07, 6.45) is 6.04. The van der Waals surface area contributed by atoms with Crippen molar-refractivity contribution in [2.75, 3.05) is 24.2 Å². The third-order valence-electron chi connectivity index (χ3n) is 6.81. The van der Waals surface area contributed by atoms with Gasteiger partial charge in [0.25, 0.3) is 0 Å². The van der Waals surface area contributed by atoms with Crippen LogP contribution >= 0.6 is 11.3 Å². The van der Waals surface area contributed by atoms with E-state index in [0.29, 0.717) is 57.6 Å². The molecule has 0 bridgehead atoms. The summed E-state index contributed by atoms with van der Waals surface area (Å²) in [5, 5.41) is 3.20. The number of primary amides is 2. The van der Waals surface area contributed by atoms with Crippen molar-refractivity contribution in [3.05, 3.63) is 69.8 Å². The number of fused-ring (bicyclic) bond motifs is 1. The molecule has 260 valence electrons. The Balaban J connectivity index is 1.53. The number of esters is 1. The van der Waals surface area contributed by atoms with Crippen LogP contribution in [0.15, 0.2) is 46.0 Å². The molecule has 15 nitrogen and oxygen atoms in total. The Labute approximate surface area is 286 Å². The molecule has 4 aromatic rings. The van der Waals surface area contributed by atoms with Crippen LogP contribution in [0.1, 0.15) is 83.4 Å². The monoisotopic (exact) mass is 692 g/mol. The highest BCUT2D eigenvalue weighted by Gasteiger charge is 2.19. The fourth-order valence-electron chi connectivity index (χ4n) is 4.65. The fraction of sp³-hybridized carbons (Fsp3) is 0.364. The van der Waals surface area contributed by atoms with Crippen LogP contribution in [-0.4, -0.2) is 57.0 Å². The second-order valence-corrected chi connectivity index (χ2v) is 12.9. The molecule has 0 fully saturated rings. The Hall–Kier alpha value is -5.51. The van der Waals surface area contributed by atoms with E-state index in [1.54, 1.807) is 38.3 Å². The number of hydrogen-bond acceptors (Lipinski definition) is 12. The van der Waals surface area contributed by atoms with E-state index in [4.69, 9.17) is 31.1 Å². The van der Waals surface area contributed by atoms with Gasteiger partial charge in [-0.3, -0.25) is 23.7 Å². The minimum absolute atomic E-state index is 0.0670. The first-order chi connectivity index (χ1) is 23.2. The molecule has 0 aliphatic rings. The number of pyridine rings is 1. The summed E-state index contributed by atoms with van der Waals surface area (Å²) in [5.74, 6) is -1.51.